The third-order valence-electron chi connectivity index (χ3n) is 6.16. The topological polar surface area (TPSA) is 76.8 Å². The lowest BCUT2D eigenvalue weighted by molar-refractivity contribution is 0.138. The van der Waals surface area contributed by atoms with Crippen molar-refractivity contribution >= 4 is 16.8 Å². The second kappa shape index (κ2) is 7.52. The summed E-state index contributed by atoms with van der Waals surface area (Å²) in [4.78, 5) is 13.6. The number of aliphatic imine (C=N–C) groups is 1. The highest BCUT2D eigenvalue weighted by Gasteiger charge is 2.38. The van der Waals surface area contributed by atoms with E-state index in [0.29, 0.717) is 23.0 Å². The average molecular weight is 418 g/mol. The van der Waals surface area contributed by atoms with Gasteiger partial charge in [0.2, 0.25) is 11.8 Å². The number of hydrogen-bond donors (Lipinski definition) is 1. The fourth-order valence-corrected chi connectivity index (χ4v) is 4.61. The van der Waals surface area contributed by atoms with Gasteiger partial charge in [0.1, 0.15) is 23.1 Å². The van der Waals surface area contributed by atoms with Crippen LogP contribution in [0.25, 0.3) is 10.9 Å². The predicted octanol–water partition coefficient (Wildman–Crippen LogP) is 5.55. The summed E-state index contributed by atoms with van der Waals surface area (Å²) in [7, 11) is 0. The van der Waals surface area contributed by atoms with E-state index in [4.69, 9.17) is 14.5 Å². The third kappa shape index (κ3) is 4.07. The largest absolute Gasteiger partial charge is 0.506 e. The molecule has 6 heteroatoms. The highest BCUT2D eigenvalue weighted by Crippen LogP contribution is 2.39. The van der Waals surface area contributed by atoms with Gasteiger partial charge >= 0.3 is 0 Å². The van der Waals surface area contributed by atoms with Crippen LogP contribution in [0, 0.1) is 12.3 Å². The van der Waals surface area contributed by atoms with Crippen molar-refractivity contribution in [1.29, 1.82) is 0 Å². The van der Waals surface area contributed by atoms with Crippen LogP contribution in [0.4, 0.5) is 0 Å². The maximum atomic E-state index is 10.2. The number of aromatic hydroxyl groups is 1. The lowest BCUT2D eigenvalue weighted by Crippen LogP contribution is -2.26. The Labute approximate surface area is 182 Å². The second-order valence-electron chi connectivity index (χ2n) is 9.44. The quantitative estimate of drug-likeness (QED) is 0.604. The minimum atomic E-state index is 0.130. The molecule has 31 heavy (non-hydrogen) atoms. The van der Waals surface area contributed by atoms with Crippen molar-refractivity contribution < 1.29 is 14.6 Å². The predicted molar refractivity (Wildman–Crippen MR) is 120 cm³/mol. The molecule has 2 aliphatic rings. The SMILES string of the molecule is Cc1cc(O)c2nc(Oc3cncc(C4=N[C@H]5CCCC(C)(C)C[C@@H]5O4)c3)ccc2c1. The van der Waals surface area contributed by atoms with Crippen LogP contribution in [0.3, 0.4) is 0 Å². The monoisotopic (exact) mass is 417 g/mol. The van der Waals surface area contributed by atoms with Gasteiger partial charge in [-0.2, -0.15) is 0 Å². The number of aromatic nitrogens is 2. The normalized spacial score (nSPS) is 22.4. The van der Waals surface area contributed by atoms with E-state index >= 15 is 0 Å². The maximum absolute atomic E-state index is 10.2. The Kier molecular flexibility index (Phi) is 4.80. The first-order chi connectivity index (χ1) is 14.9. The molecule has 1 aliphatic heterocycles. The molecule has 0 saturated heterocycles. The van der Waals surface area contributed by atoms with Crippen LogP contribution in [-0.4, -0.2) is 33.1 Å². The summed E-state index contributed by atoms with van der Waals surface area (Å²) in [5.41, 5.74) is 2.58. The number of aryl methyl sites for hydroxylation is 1. The maximum Gasteiger partial charge on any atom is 0.220 e. The standard InChI is InChI=1S/C25H27N3O3/c1-15-9-16-6-7-22(28-23(16)20(29)10-15)30-18-11-17(13-26-14-18)24-27-19-5-4-8-25(2,3)12-21(19)31-24/h6-7,9-11,13-14,19,21,29H,4-5,8,12H2,1-3H3/t19-,21-/m0/s1. The van der Waals surface area contributed by atoms with Crippen molar-refractivity contribution in [2.45, 2.75) is 58.6 Å². The minimum Gasteiger partial charge on any atom is -0.506 e. The van der Waals surface area contributed by atoms with Crippen LogP contribution >= 0.6 is 0 Å². The Balaban J connectivity index is 1.38. The Morgan fingerprint density at radius 3 is 2.90 bits per heavy atom. The molecular formula is C25H27N3O3. The Bertz CT molecular complexity index is 1170. The summed E-state index contributed by atoms with van der Waals surface area (Å²) in [6.07, 6.45) is 7.99. The molecule has 0 unspecified atom stereocenters. The molecule has 2 atom stereocenters. The zero-order valence-electron chi connectivity index (χ0n) is 18.1. The fourth-order valence-electron chi connectivity index (χ4n) is 4.61. The molecule has 1 aliphatic carbocycles. The van der Waals surface area contributed by atoms with Crippen LogP contribution in [0.2, 0.25) is 0 Å². The lowest BCUT2D eigenvalue weighted by atomic mass is 9.84. The lowest BCUT2D eigenvalue weighted by Gasteiger charge is -2.25. The van der Waals surface area contributed by atoms with E-state index < -0.39 is 0 Å². The van der Waals surface area contributed by atoms with Crippen LogP contribution in [0.15, 0.2) is 47.7 Å². The number of fused-ring (bicyclic) bond motifs is 2. The number of rotatable bonds is 3. The zero-order valence-corrected chi connectivity index (χ0v) is 18.1. The van der Waals surface area contributed by atoms with Crippen LogP contribution in [0.5, 0.6) is 17.4 Å². The minimum absolute atomic E-state index is 0.130. The second-order valence-corrected chi connectivity index (χ2v) is 9.44. The van der Waals surface area contributed by atoms with Gasteiger partial charge in [0.25, 0.3) is 0 Å². The van der Waals surface area contributed by atoms with Gasteiger partial charge in [-0.15, -0.1) is 0 Å². The van der Waals surface area contributed by atoms with Gasteiger partial charge in [-0.25, -0.2) is 9.98 Å². The zero-order chi connectivity index (χ0) is 21.6. The number of phenols is 1. The summed E-state index contributed by atoms with van der Waals surface area (Å²) in [5.74, 6) is 1.73. The van der Waals surface area contributed by atoms with E-state index in [2.05, 4.69) is 23.8 Å². The molecule has 160 valence electrons. The third-order valence-corrected chi connectivity index (χ3v) is 6.16. The number of nitrogens with zero attached hydrogens (tertiary/aromatic N) is 3. The number of benzene rings is 1. The molecule has 1 aromatic carbocycles. The molecule has 0 bridgehead atoms. The number of phenolic OH excluding ortho intramolecular Hbond substituents is 1. The van der Waals surface area contributed by atoms with Crippen LogP contribution in [-0.2, 0) is 4.74 Å². The van der Waals surface area contributed by atoms with Crippen molar-refractivity contribution in [1.82, 2.24) is 9.97 Å². The Morgan fingerprint density at radius 2 is 2.03 bits per heavy atom. The first kappa shape index (κ1) is 19.8. The first-order valence-corrected chi connectivity index (χ1v) is 10.8. The number of ether oxygens (including phenoxy) is 2. The van der Waals surface area contributed by atoms with Gasteiger partial charge in [-0.1, -0.05) is 20.3 Å². The fraction of sp³-hybridized carbons (Fsp3) is 0.400. The van der Waals surface area contributed by atoms with Gasteiger partial charge in [0.15, 0.2) is 0 Å². The van der Waals surface area contributed by atoms with Crippen molar-refractivity contribution in [3.05, 3.63) is 53.9 Å². The van der Waals surface area contributed by atoms with E-state index in [0.717, 1.165) is 29.4 Å². The highest BCUT2D eigenvalue weighted by atomic mass is 16.5. The first-order valence-electron chi connectivity index (χ1n) is 10.8. The molecule has 0 amide bonds. The number of hydrogen-bond acceptors (Lipinski definition) is 6. The molecular weight excluding hydrogens is 390 g/mol. The van der Waals surface area contributed by atoms with Gasteiger partial charge in [0, 0.05) is 17.6 Å². The molecule has 1 N–H and O–H groups in total. The summed E-state index contributed by atoms with van der Waals surface area (Å²) < 4.78 is 12.2. The molecule has 2 aromatic heterocycles. The average Bonchev–Trinajstić information content (AvgIpc) is 3.04. The van der Waals surface area contributed by atoms with Gasteiger partial charge in [0.05, 0.1) is 17.8 Å². The molecule has 1 fully saturated rings. The molecule has 3 heterocycles. The van der Waals surface area contributed by atoms with Gasteiger partial charge in [-0.05, 0) is 61.4 Å². The van der Waals surface area contributed by atoms with Gasteiger partial charge < -0.3 is 14.6 Å². The van der Waals surface area contributed by atoms with Crippen molar-refractivity contribution in [2.24, 2.45) is 10.4 Å². The van der Waals surface area contributed by atoms with Crippen LogP contribution in [0.1, 0.15) is 50.7 Å². The Hall–Kier alpha value is -3.15. The smallest absolute Gasteiger partial charge is 0.220 e. The summed E-state index contributed by atoms with van der Waals surface area (Å²) in [6.45, 7) is 6.55. The number of pyridine rings is 2. The Morgan fingerprint density at radius 1 is 1.16 bits per heavy atom. The van der Waals surface area contributed by atoms with Crippen molar-refractivity contribution in [2.75, 3.05) is 0 Å². The van der Waals surface area contributed by atoms with Crippen molar-refractivity contribution in [3.63, 3.8) is 0 Å². The molecule has 0 spiro atoms. The van der Waals surface area contributed by atoms with E-state index in [1.165, 1.54) is 12.8 Å². The van der Waals surface area contributed by atoms with Gasteiger partial charge in [-0.3, -0.25) is 4.98 Å². The molecule has 5 rings (SSSR count). The van der Waals surface area contributed by atoms with Crippen molar-refractivity contribution in [3.8, 4) is 17.4 Å². The van der Waals surface area contributed by atoms with E-state index in [1.807, 2.05) is 25.1 Å². The molecule has 0 radical (unpaired) electrons. The highest BCUT2D eigenvalue weighted by molar-refractivity contribution is 5.95. The molecule has 1 saturated carbocycles. The molecule has 3 aromatic rings. The summed E-state index contributed by atoms with van der Waals surface area (Å²) in [6, 6.07) is 9.45. The van der Waals surface area contributed by atoms with E-state index in [1.54, 1.807) is 24.5 Å². The summed E-state index contributed by atoms with van der Waals surface area (Å²) in [5, 5.41) is 11.1. The van der Waals surface area contributed by atoms with Crippen LogP contribution < -0.4 is 4.74 Å². The van der Waals surface area contributed by atoms with E-state index in [9.17, 15) is 5.11 Å². The summed E-state index contributed by atoms with van der Waals surface area (Å²) >= 11 is 0. The molecule has 6 nitrogen and oxygen atoms in total. The van der Waals surface area contributed by atoms with E-state index in [-0.39, 0.29) is 23.3 Å².